The molecular formula is C15H17N3O2. The van der Waals surface area contributed by atoms with E-state index in [0.29, 0.717) is 12.2 Å². The molecule has 1 aromatic heterocycles. The normalized spacial score (nSPS) is 11.9. The molecule has 5 nitrogen and oxygen atoms in total. The average molecular weight is 271 g/mol. The van der Waals surface area contributed by atoms with Crippen LogP contribution in [0.15, 0.2) is 42.9 Å². The molecule has 1 heterocycles. The van der Waals surface area contributed by atoms with Crippen LogP contribution in [0, 0.1) is 6.92 Å². The summed E-state index contributed by atoms with van der Waals surface area (Å²) in [5.74, 6) is -0.256. The minimum Gasteiger partial charge on any atom is -0.375 e. The molecule has 104 valence electrons. The number of hydrogen-bond donors (Lipinski definition) is 1. The first-order valence-electron chi connectivity index (χ1n) is 6.35. The molecule has 1 atom stereocenters. The predicted octanol–water partition coefficient (Wildman–Crippen LogP) is 1.90. The number of nitrogens with zero attached hydrogens (tertiary/aromatic N) is 2. The maximum absolute atomic E-state index is 11.9. The highest BCUT2D eigenvalue weighted by atomic mass is 16.5. The van der Waals surface area contributed by atoms with Gasteiger partial charge in [-0.3, -0.25) is 9.78 Å². The van der Waals surface area contributed by atoms with Crippen LogP contribution in [-0.4, -0.2) is 29.5 Å². The minimum absolute atomic E-state index is 0.183. The number of hydrogen-bond acceptors (Lipinski definition) is 4. The Labute approximate surface area is 118 Å². The van der Waals surface area contributed by atoms with Crippen molar-refractivity contribution in [1.29, 1.82) is 0 Å². The van der Waals surface area contributed by atoms with Gasteiger partial charge in [-0.25, -0.2) is 4.98 Å². The third-order valence-corrected chi connectivity index (χ3v) is 3.06. The summed E-state index contributed by atoms with van der Waals surface area (Å²) in [5.41, 5.74) is 2.50. The van der Waals surface area contributed by atoms with E-state index in [9.17, 15) is 4.79 Å². The zero-order valence-electron chi connectivity index (χ0n) is 11.5. The molecule has 5 heteroatoms. The Balaban J connectivity index is 2.02. The highest BCUT2D eigenvalue weighted by Crippen LogP contribution is 2.19. The van der Waals surface area contributed by atoms with E-state index in [0.717, 1.165) is 11.1 Å². The predicted molar refractivity (Wildman–Crippen MR) is 75.3 cm³/mol. The molecule has 0 aliphatic carbocycles. The monoisotopic (exact) mass is 271 g/mol. The van der Waals surface area contributed by atoms with E-state index < -0.39 is 0 Å². The zero-order chi connectivity index (χ0) is 14.4. The summed E-state index contributed by atoms with van der Waals surface area (Å²) in [7, 11) is 1.63. The number of aromatic nitrogens is 2. The number of rotatable bonds is 5. The largest absolute Gasteiger partial charge is 0.375 e. The first-order valence-corrected chi connectivity index (χ1v) is 6.35. The summed E-state index contributed by atoms with van der Waals surface area (Å²) >= 11 is 0. The third kappa shape index (κ3) is 3.39. The van der Waals surface area contributed by atoms with Crippen molar-refractivity contribution < 1.29 is 9.53 Å². The summed E-state index contributed by atoms with van der Waals surface area (Å²) < 4.78 is 5.45. The molecule has 1 aromatic carbocycles. The Morgan fingerprint density at radius 2 is 2.15 bits per heavy atom. The second-order valence-corrected chi connectivity index (χ2v) is 4.38. The molecule has 0 aliphatic heterocycles. The number of methoxy groups -OCH3 is 1. The average Bonchev–Trinajstić information content (AvgIpc) is 2.50. The fourth-order valence-corrected chi connectivity index (χ4v) is 1.96. The van der Waals surface area contributed by atoms with Gasteiger partial charge in [0.15, 0.2) is 0 Å². The Bertz CT molecular complexity index is 572. The van der Waals surface area contributed by atoms with Crippen molar-refractivity contribution in [3.63, 3.8) is 0 Å². The quantitative estimate of drug-likeness (QED) is 0.902. The van der Waals surface area contributed by atoms with Crippen molar-refractivity contribution in [3.05, 3.63) is 59.7 Å². The van der Waals surface area contributed by atoms with Crippen LogP contribution in [0.2, 0.25) is 0 Å². The Hall–Kier alpha value is -2.27. The summed E-state index contributed by atoms with van der Waals surface area (Å²) in [6, 6.07) is 7.95. The van der Waals surface area contributed by atoms with Crippen molar-refractivity contribution in [2.24, 2.45) is 0 Å². The molecule has 0 radical (unpaired) electrons. The van der Waals surface area contributed by atoms with E-state index in [4.69, 9.17) is 4.74 Å². The van der Waals surface area contributed by atoms with Gasteiger partial charge in [-0.1, -0.05) is 24.3 Å². The van der Waals surface area contributed by atoms with E-state index in [1.807, 2.05) is 31.2 Å². The van der Waals surface area contributed by atoms with Gasteiger partial charge in [0.2, 0.25) is 0 Å². The molecule has 0 bridgehead atoms. The fourth-order valence-electron chi connectivity index (χ4n) is 1.96. The van der Waals surface area contributed by atoms with E-state index in [1.54, 1.807) is 7.11 Å². The van der Waals surface area contributed by atoms with Gasteiger partial charge >= 0.3 is 0 Å². The van der Waals surface area contributed by atoms with Gasteiger partial charge in [-0.05, 0) is 18.1 Å². The van der Waals surface area contributed by atoms with E-state index >= 15 is 0 Å². The molecule has 0 fully saturated rings. The number of ether oxygens (including phenoxy) is 1. The summed E-state index contributed by atoms with van der Waals surface area (Å²) in [5, 5.41) is 2.81. The Morgan fingerprint density at radius 1 is 1.35 bits per heavy atom. The van der Waals surface area contributed by atoms with Crippen molar-refractivity contribution in [2.75, 3.05) is 13.7 Å². The Kier molecular flexibility index (Phi) is 4.79. The maximum atomic E-state index is 11.9. The number of aryl methyl sites for hydroxylation is 1. The van der Waals surface area contributed by atoms with Gasteiger partial charge in [0.05, 0.1) is 12.3 Å². The lowest BCUT2D eigenvalue weighted by Crippen LogP contribution is -2.30. The third-order valence-electron chi connectivity index (χ3n) is 3.06. The molecule has 0 saturated carbocycles. The van der Waals surface area contributed by atoms with Gasteiger partial charge < -0.3 is 10.1 Å². The van der Waals surface area contributed by atoms with Gasteiger partial charge in [0, 0.05) is 26.0 Å². The van der Waals surface area contributed by atoms with Crippen LogP contribution in [0.3, 0.4) is 0 Å². The molecule has 1 N–H and O–H groups in total. The molecule has 0 aliphatic rings. The highest BCUT2D eigenvalue weighted by Gasteiger charge is 2.15. The first kappa shape index (κ1) is 14.1. The van der Waals surface area contributed by atoms with Crippen LogP contribution >= 0.6 is 0 Å². The van der Waals surface area contributed by atoms with Crippen LogP contribution in [0.5, 0.6) is 0 Å². The van der Waals surface area contributed by atoms with Gasteiger partial charge in [0.1, 0.15) is 5.69 Å². The fraction of sp³-hybridized carbons (Fsp3) is 0.267. The van der Waals surface area contributed by atoms with Crippen molar-refractivity contribution in [3.8, 4) is 0 Å². The van der Waals surface area contributed by atoms with Gasteiger partial charge in [0.25, 0.3) is 5.91 Å². The van der Waals surface area contributed by atoms with Crippen molar-refractivity contribution in [1.82, 2.24) is 15.3 Å². The molecular weight excluding hydrogens is 254 g/mol. The van der Waals surface area contributed by atoms with Crippen LogP contribution in [0.1, 0.15) is 27.7 Å². The summed E-state index contributed by atoms with van der Waals surface area (Å²) in [4.78, 5) is 19.7. The zero-order valence-corrected chi connectivity index (χ0v) is 11.5. The summed E-state index contributed by atoms with van der Waals surface area (Å²) in [6.07, 6.45) is 4.27. The van der Waals surface area contributed by atoms with Crippen LogP contribution < -0.4 is 5.32 Å². The molecule has 1 unspecified atom stereocenters. The number of carbonyl (C=O) groups excluding carboxylic acids is 1. The number of nitrogens with one attached hydrogen (secondary N) is 1. The second kappa shape index (κ2) is 6.77. The van der Waals surface area contributed by atoms with Gasteiger partial charge in [-0.15, -0.1) is 0 Å². The van der Waals surface area contributed by atoms with Crippen molar-refractivity contribution >= 4 is 5.91 Å². The smallest absolute Gasteiger partial charge is 0.271 e. The maximum Gasteiger partial charge on any atom is 0.271 e. The van der Waals surface area contributed by atoms with Gasteiger partial charge in [-0.2, -0.15) is 0 Å². The number of benzene rings is 1. The first-order chi connectivity index (χ1) is 9.72. The van der Waals surface area contributed by atoms with Crippen LogP contribution in [0.25, 0.3) is 0 Å². The molecule has 2 rings (SSSR count). The number of carbonyl (C=O) groups is 1. The molecule has 1 amide bonds. The SMILES string of the molecule is COC(CNC(=O)c1cnccn1)c1ccccc1C. The lowest BCUT2D eigenvalue weighted by atomic mass is 10.0. The molecule has 20 heavy (non-hydrogen) atoms. The minimum atomic E-state index is -0.256. The van der Waals surface area contributed by atoms with E-state index in [2.05, 4.69) is 15.3 Å². The van der Waals surface area contributed by atoms with E-state index in [-0.39, 0.29) is 12.0 Å². The van der Waals surface area contributed by atoms with Crippen LogP contribution in [-0.2, 0) is 4.74 Å². The summed E-state index contributed by atoms with van der Waals surface area (Å²) in [6.45, 7) is 2.41. The topological polar surface area (TPSA) is 64.1 Å². The molecule has 0 spiro atoms. The lowest BCUT2D eigenvalue weighted by molar-refractivity contribution is 0.0822. The standard InChI is InChI=1S/C15H17N3O2/c1-11-5-3-4-6-12(11)14(20-2)10-18-15(19)13-9-16-7-8-17-13/h3-9,14H,10H2,1-2H3,(H,18,19). The van der Waals surface area contributed by atoms with E-state index in [1.165, 1.54) is 18.6 Å². The second-order valence-electron chi connectivity index (χ2n) is 4.38. The van der Waals surface area contributed by atoms with Crippen molar-refractivity contribution in [2.45, 2.75) is 13.0 Å². The number of amides is 1. The lowest BCUT2D eigenvalue weighted by Gasteiger charge is -2.18. The Morgan fingerprint density at radius 3 is 2.80 bits per heavy atom. The van der Waals surface area contributed by atoms with Crippen LogP contribution in [0.4, 0.5) is 0 Å². The molecule has 0 saturated heterocycles. The highest BCUT2D eigenvalue weighted by molar-refractivity contribution is 5.91. The molecule has 2 aromatic rings.